The Morgan fingerprint density at radius 3 is 1.66 bits per heavy atom. The first-order valence-electron chi connectivity index (χ1n) is 19.0. The van der Waals surface area contributed by atoms with Gasteiger partial charge < -0.3 is 8.98 Å². The van der Waals surface area contributed by atoms with Crippen molar-refractivity contribution in [2.24, 2.45) is 0 Å². The smallest absolute Gasteiger partial charge is 0.180 e. The lowest BCUT2D eigenvalue weighted by Crippen LogP contribution is -1.95. The van der Waals surface area contributed by atoms with E-state index in [2.05, 4.69) is 168 Å². The first kappa shape index (κ1) is 30.9. The molecule has 0 aliphatic rings. The van der Waals surface area contributed by atoms with E-state index in [4.69, 9.17) is 14.4 Å². The van der Waals surface area contributed by atoms with Crippen LogP contribution in [0.25, 0.3) is 116 Å². The minimum absolute atomic E-state index is 0.660. The Bertz CT molecular complexity index is 3450. The van der Waals surface area contributed by atoms with Crippen molar-refractivity contribution in [2.75, 3.05) is 0 Å². The summed E-state index contributed by atoms with van der Waals surface area (Å²) in [7, 11) is 0. The van der Waals surface area contributed by atoms with Crippen LogP contribution in [0.5, 0.6) is 0 Å². The monoisotopic (exact) mass is 713 g/mol. The molecule has 0 amide bonds. The molecule has 56 heavy (non-hydrogen) atoms. The van der Waals surface area contributed by atoms with E-state index in [9.17, 15) is 0 Å². The van der Waals surface area contributed by atoms with Crippen molar-refractivity contribution in [3.63, 3.8) is 0 Å². The molecule has 12 aromatic rings. The molecule has 3 aromatic heterocycles. The highest BCUT2D eigenvalue weighted by atomic mass is 16.3. The van der Waals surface area contributed by atoms with Gasteiger partial charge >= 0.3 is 0 Å². The van der Waals surface area contributed by atoms with Gasteiger partial charge in [0.2, 0.25) is 0 Å². The Morgan fingerprint density at radius 2 is 0.964 bits per heavy atom. The summed E-state index contributed by atoms with van der Waals surface area (Å²) in [5.41, 5.74) is 10.6. The third-order valence-electron chi connectivity index (χ3n) is 11.4. The number of fused-ring (bicyclic) bond motifs is 12. The summed E-state index contributed by atoms with van der Waals surface area (Å²) < 4.78 is 9.21. The first-order valence-corrected chi connectivity index (χ1v) is 19.0. The highest BCUT2D eigenvalue weighted by molar-refractivity contribution is 6.26. The molecule has 9 aromatic carbocycles. The van der Waals surface area contributed by atoms with Crippen molar-refractivity contribution in [2.45, 2.75) is 0 Å². The Kier molecular flexibility index (Phi) is 6.60. The maximum Gasteiger partial charge on any atom is 0.180 e. The number of hydrogen-bond donors (Lipinski definition) is 0. The molecule has 0 unspecified atom stereocenters. The van der Waals surface area contributed by atoms with E-state index < -0.39 is 0 Å². The predicted molar refractivity (Wildman–Crippen MR) is 232 cm³/mol. The van der Waals surface area contributed by atoms with Gasteiger partial charge in [-0.15, -0.1) is 0 Å². The van der Waals surface area contributed by atoms with E-state index >= 15 is 0 Å². The van der Waals surface area contributed by atoms with E-state index in [1.54, 1.807) is 0 Å². The molecule has 12 rings (SSSR count). The Labute approximate surface area is 321 Å². The minimum atomic E-state index is 0.660. The van der Waals surface area contributed by atoms with Crippen LogP contribution in [-0.2, 0) is 0 Å². The molecule has 0 N–H and O–H groups in total. The lowest BCUT2D eigenvalue weighted by molar-refractivity contribution is 0.667. The van der Waals surface area contributed by atoms with Crippen molar-refractivity contribution in [3.8, 4) is 39.5 Å². The van der Waals surface area contributed by atoms with Crippen LogP contribution in [0.1, 0.15) is 0 Å². The van der Waals surface area contributed by atoms with Crippen molar-refractivity contribution >= 4 is 76.2 Å². The summed E-state index contributed by atoms with van der Waals surface area (Å²) in [5, 5.41) is 10.8. The van der Waals surface area contributed by atoms with Crippen molar-refractivity contribution in [1.29, 1.82) is 0 Å². The summed E-state index contributed by atoms with van der Waals surface area (Å²) in [6.07, 6.45) is 0. The van der Waals surface area contributed by atoms with Crippen LogP contribution in [-0.4, -0.2) is 14.5 Å². The van der Waals surface area contributed by atoms with Gasteiger partial charge in [0.1, 0.15) is 16.8 Å². The highest BCUT2D eigenvalue weighted by Crippen LogP contribution is 2.43. The first-order chi connectivity index (χ1) is 27.8. The van der Waals surface area contributed by atoms with Crippen LogP contribution in [0.4, 0.5) is 0 Å². The lowest BCUT2D eigenvalue weighted by atomic mass is 9.92. The average molecular weight is 714 g/mol. The lowest BCUT2D eigenvalue weighted by Gasteiger charge is -2.12. The fraction of sp³-hybridized carbons (Fsp3) is 0. The summed E-state index contributed by atoms with van der Waals surface area (Å²) in [5.74, 6) is 0.660. The number of furan rings is 1. The zero-order valence-electron chi connectivity index (χ0n) is 30.1. The zero-order chi connectivity index (χ0) is 36.7. The van der Waals surface area contributed by atoms with Crippen LogP contribution in [0.15, 0.2) is 192 Å². The highest BCUT2D eigenvalue weighted by Gasteiger charge is 2.22. The zero-order valence-corrected chi connectivity index (χ0v) is 30.1. The third-order valence-corrected chi connectivity index (χ3v) is 11.4. The molecule has 3 heterocycles. The van der Waals surface area contributed by atoms with E-state index in [1.807, 2.05) is 24.3 Å². The minimum Gasteiger partial charge on any atom is -0.452 e. The third kappa shape index (κ3) is 4.53. The van der Waals surface area contributed by atoms with Crippen LogP contribution in [0, 0.1) is 0 Å². The van der Waals surface area contributed by atoms with Gasteiger partial charge in [-0.05, 0) is 79.8 Å². The molecule has 0 saturated heterocycles. The van der Waals surface area contributed by atoms with Gasteiger partial charge in [0.05, 0.1) is 16.4 Å². The van der Waals surface area contributed by atoms with Gasteiger partial charge in [-0.25, -0.2) is 9.97 Å². The normalized spacial score (nSPS) is 11.9. The van der Waals surface area contributed by atoms with Crippen LogP contribution in [0.3, 0.4) is 0 Å². The number of benzene rings is 9. The fourth-order valence-corrected chi connectivity index (χ4v) is 8.91. The van der Waals surface area contributed by atoms with Gasteiger partial charge in [-0.2, -0.15) is 0 Å². The number of nitrogens with zero attached hydrogens (tertiary/aromatic N) is 3. The molecule has 4 heteroatoms. The van der Waals surface area contributed by atoms with Gasteiger partial charge in [0, 0.05) is 27.6 Å². The number of para-hydroxylation sites is 2. The molecule has 0 saturated carbocycles. The summed E-state index contributed by atoms with van der Waals surface area (Å²) in [6, 6.07) is 66.7. The number of aromatic nitrogens is 3. The van der Waals surface area contributed by atoms with Crippen molar-refractivity contribution < 1.29 is 4.42 Å². The molecular weight excluding hydrogens is 683 g/mol. The van der Waals surface area contributed by atoms with E-state index in [1.165, 1.54) is 54.1 Å². The molecule has 4 nitrogen and oxygen atoms in total. The summed E-state index contributed by atoms with van der Waals surface area (Å²) in [4.78, 5) is 10.6. The van der Waals surface area contributed by atoms with Crippen molar-refractivity contribution in [3.05, 3.63) is 188 Å². The Morgan fingerprint density at radius 1 is 0.393 bits per heavy atom. The molecule has 0 spiro atoms. The van der Waals surface area contributed by atoms with E-state index in [0.29, 0.717) is 11.4 Å². The van der Waals surface area contributed by atoms with E-state index in [-0.39, 0.29) is 0 Å². The SMILES string of the molecule is c1ccc(-c2nc(-c3ccc4c5ccccc5c5ccccc5c4c3)c3oc4cccc(-c5cccc(-n6c7ccccc7c7ccccc76)c5)c4c3n2)cc1. The van der Waals surface area contributed by atoms with Crippen molar-refractivity contribution in [1.82, 2.24) is 14.5 Å². The van der Waals surface area contributed by atoms with E-state index in [0.717, 1.165) is 50.1 Å². The van der Waals surface area contributed by atoms with Gasteiger partial charge in [0.15, 0.2) is 11.4 Å². The largest absolute Gasteiger partial charge is 0.452 e. The van der Waals surface area contributed by atoms with Crippen LogP contribution in [0.2, 0.25) is 0 Å². The maximum atomic E-state index is 6.85. The van der Waals surface area contributed by atoms with Gasteiger partial charge in [-0.3, -0.25) is 0 Å². The van der Waals surface area contributed by atoms with Gasteiger partial charge in [-0.1, -0.05) is 152 Å². The Balaban J connectivity index is 1.12. The number of hydrogen-bond acceptors (Lipinski definition) is 3. The topological polar surface area (TPSA) is 43.9 Å². The predicted octanol–water partition coefficient (Wildman–Crippen LogP) is 13.9. The van der Waals surface area contributed by atoms with Crippen LogP contribution < -0.4 is 0 Å². The second-order valence-corrected chi connectivity index (χ2v) is 14.5. The fourth-order valence-electron chi connectivity index (χ4n) is 8.91. The second kappa shape index (κ2) is 12.0. The van der Waals surface area contributed by atoms with Crippen LogP contribution >= 0.6 is 0 Å². The molecule has 0 aliphatic carbocycles. The molecule has 0 fully saturated rings. The molecule has 0 bridgehead atoms. The molecular formula is C52H31N3O. The number of rotatable bonds is 4. The average Bonchev–Trinajstić information content (AvgIpc) is 3.82. The maximum absolute atomic E-state index is 6.85. The Hall–Kier alpha value is -7.56. The van der Waals surface area contributed by atoms with Gasteiger partial charge in [0.25, 0.3) is 0 Å². The standard InChI is InChI=1S/C52H31N3O/c1-2-14-32(15-3-1)52-53-49(34-28-29-41-39-20-5-4-18-37(39)38-19-6-7-21-40(38)44(41)31-34)51-50(54-52)48-36(24-13-27-47(48)56-51)33-16-12-17-35(30-33)55-45-25-10-8-22-42(45)43-23-9-11-26-46(43)55/h1-31H. The molecule has 260 valence electrons. The summed E-state index contributed by atoms with van der Waals surface area (Å²) >= 11 is 0. The molecule has 0 atom stereocenters. The quantitative estimate of drug-likeness (QED) is 0.171. The molecule has 0 radical (unpaired) electrons. The molecule has 0 aliphatic heterocycles. The summed E-state index contributed by atoms with van der Waals surface area (Å²) in [6.45, 7) is 0. The second-order valence-electron chi connectivity index (χ2n) is 14.5.